The molecule has 0 radical (unpaired) electrons. The molecule has 1 aliphatic rings. The van der Waals surface area contributed by atoms with Crippen LogP contribution in [-0.4, -0.2) is 37.1 Å². The van der Waals surface area contributed by atoms with Crippen molar-refractivity contribution < 1.29 is 24.0 Å². The summed E-state index contributed by atoms with van der Waals surface area (Å²) in [4.78, 5) is 37.7. The van der Waals surface area contributed by atoms with Crippen LogP contribution in [0.4, 0.5) is 11.4 Å². The number of ether oxygens (including phenoxy) is 2. The number of benzene rings is 2. The van der Waals surface area contributed by atoms with Gasteiger partial charge in [-0.15, -0.1) is 0 Å². The minimum atomic E-state index is -0.559. The topological polar surface area (TPSA) is 99.0 Å². The predicted octanol–water partition coefficient (Wildman–Crippen LogP) is 4.73. The van der Waals surface area contributed by atoms with Crippen LogP contribution in [-0.2, 0) is 9.53 Å². The molecule has 31 heavy (non-hydrogen) atoms. The number of nitro benzene ring substituents is 1. The van der Waals surface area contributed by atoms with Gasteiger partial charge in [-0.25, -0.2) is 0 Å². The first-order chi connectivity index (χ1) is 14.8. The van der Waals surface area contributed by atoms with Gasteiger partial charge in [0.05, 0.1) is 25.1 Å². The number of esters is 1. The number of nitrogens with zero attached hydrogens (tertiary/aromatic N) is 2. The fourth-order valence-corrected chi connectivity index (χ4v) is 4.01. The molecule has 1 heterocycles. The summed E-state index contributed by atoms with van der Waals surface area (Å²) in [5, 5.41) is 11.7. The van der Waals surface area contributed by atoms with E-state index in [0.29, 0.717) is 36.7 Å². The number of methoxy groups -OCH3 is 1. The normalized spacial score (nSPS) is 15.6. The lowest BCUT2D eigenvalue weighted by Gasteiger charge is -2.24. The lowest BCUT2D eigenvalue weighted by Crippen LogP contribution is -2.31. The number of halogens is 1. The van der Waals surface area contributed by atoms with E-state index in [2.05, 4.69) is 0 Å². The molecule has 2 aromatic rings. The fourth-order valence-electron chi connectivity index (χ4n) is 3.83. The molecule has 0 spiro atoms. The van der Waals surface area contributed by atoms with Crippen LogP contribution in [0.25, 0.3) is 0 Å². The lowest BCUT2D eigenvalue weighted by atomic mass is 9.91. The fraction of sp³-hybridized carbons (Fsp3) is 0.364. The van der Waals surface area contributed by atoms with Crippen molar-refractivity contribution in [2.24, 2.45) is 0 Å². The average Bonchev–Trinajstić information content (AvgIpc) is 2.92. The molecule has 1 atom stereocenters. The zero-order valence-electron chi connectivity index (χ0n) is 17.3. The molecule has 3 rings (SSSR count). The van der Waals surface area contributed by atoms with Crippen LogP contribution in [0.3, 0.4) is 0 Å². The molecule has 2 aromatic carbocycles. The first-order valence-corrected chi connectivity index (χ1v) is 10.3. The molecular formula is C22H23ClN2O6. The molecule has 0 bridgehead atoms. The SMILES string of the molecule is CCOC(=O)CC1CCCN(C(=O)c2ccc([N+](=O)[O-])c(OC)c2)c2ccc(Cl)cc21. The molecule has 1 aliphatic heterocycles. The zero-order chi connectivity index (χ0) is 22.5. The summed E-state index contributed by atoms with van der Waals surface area (Å²) < 4.78 is 10.2. The summed E-state index contributed by atoms with van der Waals surface area (Å²) in [5.74, 6) is -0.717. The van der Waals surface area contributed by atoms with Crippen molar-refractivity contribution in [1.29, 1.82) is 0 Å². The molecule has 0 aliphatic carbocycles. The zero-order valence-corrected chi connectivity index (χ0v) is 18.1. The van der Waals surface area contributed by atoms with Gasteiger partial charge in [-0.3, -0.25) is 19.7 Å². The second kappa shape index (κ2) is 9.78. The number of fused-ring (bicyclic) bond motifs is 1. The van der Waals surface area contributed by atoms with Crippen LogP contribution >= 0.6 is 11.6 Å². The van der Waals surface area contributed by atoms with Crippen LogP contribution < -0.4 is 9.64 Å². The van der Waals surface area contributed by atoms with E-state index in [9.17, 15) is 19.7 Å². The van der Waals surface area contributed by atoms with Gasteiger partial charge in [-0.1, -0.05) is 11.6 Å². The lowest BCUT2D eigenvalue weighted by molar-refractivity contribution is -0.385. The Bertz CT molecular complexity index is 1010. The molecule has 0 fully saturated rings. The van der Waals surface area contributed by atoms with Gasteiger partial charge in [-0.05, 0) is 55.5 Å². The Morgan fingerprint density at radius 1 is 1.26 bits per heavy atom. The monoisotopic (exact) mass is 446 g/mol. The molecular weight excluding hydrogens is 424 g/mol. The van der Waals surface area contributed by atoms with E-state index in [0.717, 1.165) is 5.56 Å². The van der Waals surface area contributed by atoms with Crippen LogP contribution in [0.5, 0.6) is 5.75 Å². The van der Waals surface area contributed by atoms with Crippen molar-refractivity contribution in [2.45, 2.75) is 32.1 Å². The van der Waals surface area contributed by atoms with Gasteiger partial charge >= 0.3 is 11.7 Å². The van der Waals surface area contributed by atoms with Gasteiger partial charge in [0.25, 0.3) is 5.91 Å². The highest BCUT2D eigenvalue weighted by Crippen LogP contribution is 2.39. The van der Waals surface area contributed by atoms with Crippen molar-refractivity contribution in [1.82, 2.24) is 0 Å². The van der Waals surface area contributed by atoms with E-state index >= 15 is 0 Å². The highest BCUT2D eigenvalue weighted by Gasteiger charge is 2.30. The number of nitro groups is 1. The number of hydrogen-bond donors (Lipinski definition) is 0. The van der Waals surface area contributed by atoms with E-state index < -0.39 is 4.92 Å². The van der Waals surface area contributed by atoms with Gasteiger partial charge < -0.3 is 14.4 Å². The minimum absolute atomic E-state index is 0.0159. The van der Waals surface area contributed by atoms with Crippen molar-refractivity contribution in [3.63, 3.8) is 0 Å². The highest BCUT2D eigenvalue weighted by atomic mass is 35.5. The number of amides is 1. The van der Waals surface area contributed by atoms with Crippen molar-refractivity contribution in [2.75, 3.05) is 25.2 Å². The highest BCUT2D eigenvalue weighted by molar-refractivity contribution is 6.30. The Labute approximate surface area is 184 Å². The van der Waals surface area contributed by atoms with Crippen molar-refractivity contribution in [3.8, 4) is 5.75 Å². The standard InChI is InChI=1S/C22H23ClN2O6/c1-3-31-21(26)12-14-5-4-10-24(18-9-7-16(23)13-17(14)18)22(27)15-6-8-19(25(28)29)20(11-15)30-2/h6-9,11,13-14H,3-5,10,12H2,1-2H3. The quantitative estimate of drug-likeness (QED) is 0.361. The Hall–Kier alpha value is -3.13. The molecule has 164 valence electrons. The van der Waals surface area contributed by atoms with Crippen molar-refractivity contribution in [3.05, 3.63) is 62.7 Å². The minimum Gasteiger partial charge on any atom is -0.490 e. The summed E-state index contributed by atoms with van der Waals surface area (Å²) >= 11 is 6.22. The van der Waals surface area contributed by atoms with E-state index in [1.165, 1.54) is 25.3 Å². The third-order valence-corrected chi connectivity index (χ3v) is 5.48. The molecule has 0 aromatic heterocycles. The van der Waals surface area contributed by atoms with Crippen LogP contribution in [0.1, 0.15) is 48.0 Å². The first kappa shape index (κ1) is 22.6. The van der Waals surface area contributed by atoms with Gasteiger partial charge in [0.2, 0.25) is 0 Å². The molecule has 0 saturated carbocycles. The summed E-state index contributed by atoms with van der Waals surface area (Å²) in [7, 11) is 1.32. The molecule has 0 N–H and O–H groups in total. The number of rotatable bonds is 6. The van der Waals surface area contributed by atoms with Crippen LogP contribution in [0.15, 0.2) is 36.4 Å². The Balaban J connectivity index is 1.98. The predicted molar refractivity (Wildman–Crippen MR) is 116 cm³/mol. The summed E-state index contributed by atoms with van der Waals surface area (Å²) in [5.41, 5.74) is 1.53. The molecule has 8 nitrogen and oxygen atoms in total. The van der Waals surface area contributed by atoms with Crippen LogP contribution in [0.2, 0.25) is 5.02 Å². The summed E-state index contributed by atoms with van der Waals surface area (Å²) in [6, 6.07) is 9.29. The third-order valence-electron chi connectivity index (χ3n) is 5.24. The van der Waals surface area contributed by atoms with Gasteiger partial charge in [0.15, 0.2) is 5.75 Å². The molecule has 1 amide bonds. The molecule has 0 saturated heterocycles. The average molecular weight is 447 g/mol. The second-order valence-corrected chi connectivity index (χ2v) is 7.59. The Morgan fingerprint density at radius 3 is 2.71 bits per heavy atom. The molecule has 1 unspecified atom stereocenters. The molecule has 9 heteroatoms. The maximum Gasteiger partial charge on any atom is 0.310 e. The van der Waals surface area contributed by atoms with Crippen LogP contribution in [0, 0.1) is 10.1 Å². The maximum absolute atomic E-state index is 13.4. The summed E-state index contributed by atoms with van der Waals surface area (Å²) in [6.07, 6.45) is 1.57. The number of carbonyl (C=O) groups is 2. The van der Waals surface area contributed by atoms with Gasteiger partial charge in [0, 0.05) is 35.0 Å². The second-order valence-electron chi connectivity index (χ2n) is 7.15. The first-order valence-electron chi connectivity index (χ1n) is 9.95. The van der Waals surface area contributed by atoms with Gasteiger partial charge in [0.1, 0.15) is 0 Å². The maximum atomic E-state index is 13.4. The number of hydrogen-bond acceptors (Lipinski definition) is 6. The smallest absolute Gasteiger partial charge is 0.310 e. The van der Waals surface area contributed by atoms with E-state index in [1.807, 2.05) is 0 Å². The largest absolute Gasteiger partial charge is 0.490 e. The number of anilines is 1. The van der Waals surface area contributed by atoms with Gasteiger partial charge in [-0.2, -0.15) is 0 Å². The number of carbonyl (C=O) groups excluding carboxylic acids is 2. The Kier molecular flexibility index (Phi) is 7.12. The van der Waals surface area contributed by atoms with E-state index in [4.69, 9.17) is 21.1 Å². The third kappa shape index (κ3) is 4.96. The summed E-state index contributed by atoms with van der Waals surface area (Å²) in [6.45, 7) is 2.50. The Morgan fingerprint density at radius 2 is 2.03 bits per heavy atom. The van der Waals surface area contributed by atoms with E-state index in [-0.39, 0.29) is 41.2 Å². The van der Waals surface area contributed by atoms with E-state index in [1.54, 1.807) is 30.0 Å². The van der Waals surface area contributed by atoms with Crippen molar-refractivity contribution >= 4 is 34.9 Å².